The van der Waals surface area contributed by atoms with Gasteiger partial charge in [0.1, 0.15) is 11.9 Å². The van der Waals surface area contributed by atoms with Crippen LogP contribution in [0.3, 0.4) is 0 Å². The van der Waals surface area contributed by atoms with Gasteiger partial charge in [0.2, 0.25) is 11.8 Å². The number of carbonyl (C=O) groups is 3. The third kappa shape index (κ3) is 4.59. The lowest BCUT2D eigenvalue weighted by molar-refractivity contribution is -0.122. The summed E-state index contributed by atoms with van der Waals surface area (Å²) in [6, 6.07) is 1.63. The van der Waals surface area contributed by atoms with Crippen LogP contribution in [0.5, 0.6) is 0 Å². The number of anilines is 2. The summed E-state index contributed by atoms with van der Waals surface area (Å²) in [5.74, 6) is -2.13. The minimum atomic E-state index is -0.794. The molecule has 0 aliphatic carbocycles. The van der Waals surface area contributed by atoms with Crippen molar-refractivity contribution in [1.29, 1.82) is 0 Å². The Hall–Kier alpha value is -2.67. The molecule has 0 saturated carbocycles. The zero-order valence-electron chi connectivity index (χ0n) is 16.2. The number of hydrogen-bond acceptors (Lipinski definition) is 4. The van der Waals surface area contributed by atoms with Crippen molar-refractivity contribution in [3.8, 4) is 0 Å². The van der Waals surface area contributed by atoms with E-state index in [2.05, 4.69) is 10.6 Å². The van der Waals surface area contributed by atoms with Crippen LogP contribution in [0.1, 0.15) is 34.1 Å². The number of rotatable bonds is 6. The first kappa shape index (κ1) is 21.6. The Morgan fingerprint density at radius 3 is 2.61 bits per heavy atom. The highest BCUT2D eigenvalue weighted by atomic mass is 35.5. The predicted molar refractivity (Wildman–Crippen MR) is 108 cm³/mol. The minimum absolute atomic E-state index is 0.0379. The van der Waals surface area contributed by atoms with Crippen LogP contribution in [0.15, 0.2) is 35.4 Å². The molecule has 1 aliphatic rings. The average Bonchev–Trinajstić information content (AvgIpc) is 2.92. The van der Waals surface area contributed by atoms with Crippen molar-refractivity contribution in [2.24, 2.45) is 0 Å². The van der Waals surface area contributed by atoms with Gasteiger partial charge in [0, 0.05) is 12.1 Å². The van der Waals surface area contributed by atoms with E-state index in [4.69, 9.17) is 11.6 Å². The van der Waals surface area contributed by atoms with Gasteiger partial charge in [0.25, 0.3) is 5.91 Å². The van der Waals surface area contributed by atoms with Crippen molar-refractivity contribution < 1.29 is 18.8 Å². The van der Waals surface area contributed by atoms with Gasteiger partial charge in [-0.2, -0.15) is 0 Å². The van der Waals surface area contributed by atoms with Crippen molar-refractivity contribution in [1.82, 2.24) is 5.32 Å². The standard InChI is InChI=1S/C20H23ClFN3O3/c1-5-6-7-23-19(27)12(4)24-16-10-17(15(22)9-14(16)21)25-18(26)8-13(11(2)3)20(25)28/h5-6,9-10,12,24H,7-8H2,1-4H3,(H,23,27)/b6-5+. The smallest absolute Gasteiger partial charge is 0.261 e. The molecule has 1 aromatic rings. The number of imide groups is 1. The molecule has 3 amide bonds. The molecule has 8 heteroatoms. The highest BCUT2D eigenvalue weighted by Crippen LogP contribution is 2.35. The van der Waals surface area contributed by atoms with E-state index in [0.717, 1.165) is 11.0 Å². The number of allylic oxidation sites excluding steroid dienone is 2. The Morgan fingerprint density at radius 1 is 1.36 bits per heavy atom. The molecule has 2 rings (SSSR count). The summed E-state index contributed by atoms with van der Waals surface area (Å²) in [6.45, 7) is 7.30. The molecule has 0 bridgehead atoms. The number of carbonyl (C=O) groups excluding carboxylic acids is 3. The Morgan fingerprint density at radius 2 is 2.04 bits per heavy atom. The van der Waals surface area contributed by atoms with E-state index >= 15 is 0 Å². The Balaban J connectivity index is 2.30. The first-order chi connectivity index (χ1) is 13.2. The van der Waals surface area contributed by atoms with Crippen LogP contribution >= 0.6 is 11.6 Å². The highest BCUT2D eigenvalue weighted by Gasteiger charge is 2.37. The van der Waals surface area contributed by atoms with Crippen LogP contribution in [-0.2, 0) is 14.4 Å². The zero-order chi connectivity index (χ0) is 21.0. The fraction of sp³-hybridized carbons (Fsp3) is 0.350. The van der Waals surface area contributed by atoms with Crippen LogP contribution in [0, 0.1) is 5.82 Å². The molecule has 1 unspecified atom stereocenters. The van der Waals surface area contributed by atoms with Gasteiger partial charge in [-0.15, -0.1) is 0 Å². The summed E-state index contributed by atoms with van der Waals surface area (Å²) in [5.41, 5.74) is 1.11. The normalized spacial score (nSPS) is 15.4. The van der Waals surface area contributed by atoms with Crippen molar-refractivity contribution in [3.05, 3.63) is 46.3 Å². The van der Waals surface area contributed by atoms with E-state index in [1.807, 2.05) is 13.0 Å². The number of hydrogen-bond donors (Lipinski definition) is 2. The van der Waals surface area contributed by atoms with Crippen LogP contribution in [0.4, 0.5) is 15.8 Å². The Bertz CT molecular complexity index is 876. The molecule has 0 radical (unpaired) electrons. The molecule has 1 aromatic carbocycles. The Kier molecular flexibility index (Phi) is 6.96. The third-order valence-electron chi connectivity index (χ3n) is 4.31. The highest BCUT2D eigenvalue weighted by molar-refractivity contribution is 6.34. The quantitative estimate of drug-likeness (QED) is 0.429. The number of nitrogens with zero attached hydrogens (tertiary/aromatic N) is 1. The number of benzene rings is 1. The fourth-order valence-corrected chi connectivity index (χ4v) is 2.94. The van der Waals surface area contributed by atoms with Crippen molar-refractivity contribution in [2.75, 3.05) is 16.8 Å². The zero-order valence-corrected chi connectivity index (χ0v) is 17.0. The molecule has 0 spiro atoms. The van der Waals surface area contributed by atoms with E-state index in [1.165, 1.54) is 6.07 Å². The van der Waals surface area contributed by atoms with Crippen LogP contribution in [-0.4, -0.2) is 30.3 Å². The number of halogens is 2. The van der Waals surface area contributed by atoms with Crippen molar-refractivity contribution >= 4 is 40.7 Å². The van der Waals surface area contributed by atoms with E-state index in [1.54, 1.807) is 26.8 Å². The largest absolute Gasteiger partial charge is 0.373 e. The van der Waals surface area contributed by atoms with Gasteiger partial charge in [-0.25, -0.2) is 9.29 Å². The first-order valence-corrected chi connectivity index (χ1v) is 9.23. The van der Waals surface area contributed by atoms with Crippen LogP contribution in [0.2, 0.25) is 5.02 Å². The SMILES string of the molecule is C/C=C/CNC(=O)C(C)Nc1cc(N2C(=O)CC(=C(C)C)C2=O)c(F)cc1Cl. The maximum Gasteiger partial charge on any atom is 0.261 e. The van der Waals surface area contributed by atoms with Gasteiger partial charge >= 0.3 is 0 Å². The maximum atomic E-state index is 14.5. The second kappa shape index (κ2) is 9.01. The fourth-order valence-electron chi connectivity index (χ4n) is 2.74. The van der Waals surface area contributed by atoms with Gasteiger partial charge in [-0.1, -0.05) is 29.3 Å². The van der Waals surface area contributed by atoms with E-state index < -0.39 is 23.7 Å². The van der Waals surface area contributed by atoms with Gasteiger partial charge in [-0.05, 0) is 39.8 Å². The lowest BCUT2D eigenvalue weighted by Crippen LogP contribution is -2.37. The number of nitrogens with one attached hydrogen (secondary N) is 2. The van der Waals surface area contributed by atoms with Gasteiger partial charge < -0.3 is 10.6 Å². The molecule has 6 nitrogen and oxygen atoms in total. The molecule has 1 heterocycles. The lowest BCUT2D eigenvalue weighted by Gasteiger charge is -2.20. The van der Waals surface area contributed by atoms with Gasteiger partial charge in [0.15, 0.2) is 0 Å². The average molecular weight is 408 g/mol. The third-order valence-corrected chi connectivity index (χ3v) is 4.63. The van der Waals surface area contributed by atoms with E-state index in [0.29, 0.717) is 17.7 Å². The second-order valence-corrected chi connectivity index (χ2v) is 7.06. The molecule has 1 atom stereocenters. The minimum Gasteiger partial charge on any atom is -0.373 e. The van der Waals surface area contributed by atoms with Crippen LogP contribution < -0.4 is 15.5 Å². The molecule has 1 aliphatic heterocycles. The molecule has 150 valence electrons. The van der Waals surface area contributed by atoms with E-state index in [-0.39, 0.29) is 28.7 Å². The van der Waals surface area contributed by atoms with Gasteiger partial charge in [0.05, 0.1) is 22.8 Å². The molecule has 1 fully saturated rings. The summed E-state index contributed by atoms with van der Waals surface area (Å²) < 4.78 is 14.5. The van der Waals surface area contributed by atoms with Crippen LogP contribution in [0.25, 0.3) is 0 Å². The van der Waals surface area contributed by atoms with Crippen molar-refractivity contribution in [2.45, 2.75) is 40.2 Å². The van der Waals surface area contributed by atoms with Gasteiger partial charge in [-0.3, -0.25) is 14.4 Å². The molecule has 2 N–H and O–H groups in total. The molecular weight excluding hydrogens is 385 g/mol. The number of amides is 3. The summed E-state index contributed by atoms with van der Waals surface area (Å²) in [6.07, 6.45) is 3.53. The predicted octanol–water partition coefficient (Wildman–Crippen LogP) is 3.57. The molecule has 0 aromatic heterocycles. The topological polar surface area (TPSA) is 78.5 Å². The maximum absolute atomic E-state index is 14.5. The summed E-state index contributed by atoms with van der Waals surface area (Å²) >= 11 is 6.09. The molecule has 28 heavy (non-hydrogen) atoms. The van der Waals surface area contributed by atoms with Crippen molar-refractivity contribution in [3.63, 3.8) is 0 Å². The Labute approximate surface area is 168 Å². The summed E-state index contributed by atoms with van der Waals surface area (Å²) in [5, 5.41) is 5.64. The molecule has 1 saturated heterocycles. The summed E-state index contributed by atoms with van der Waals surface area (Å²) in [4.78, 5) is 37.8. The first-order valence-electron chi connectivity index (χ1n) is 8.85. The van der Waals surface area contributed by atoms with E-state index in [9.17, 15) is 18.8 Å². The lowest BCUT2D eigenvalue weighted by atomic mass is 10.1. The summed E-state index contributed by atoms with van der Waals surface area (Å²) in [7, 11) is 0. The second-order valence-electron chi connectivity index (χ2n) is 6.65. The monoisotopic (exact) mass is 407 g/mol. The molecular formula is C20H23ClFN3O3.